The minimum Gasteiger partial charge on any atom is -0.493 e. The van der Waals surface area contributed by atoms with Crippen LogP contribution < -0.4 is 20.1 Å². The molecule has 1 aliphatic heterocycles. The Balaban J connectivity index is 1.52. The predicted molar refractivity (Wildman–Crippen MR) is 125 cm³/mol. The second kappa shape index (κ2) is 8.53. The van der Waals surface area contributed by atoms with Crippen LogP contribution in [0.2, 0.25) is 0 Å². The summed E-state index contributed by atoms with van der Waals surface area (Å²) in [5.74, 6) is 2.23. The number of ether oxygens (including phenoxy) is 2. The quantitative estimate of drug-likeness (QED) is 0.659. The Hall–Kier alpha value is -3.55. The number of rotatable bonds is 5. The smallest absolute Gasteiger partial charge is 0.232 e. The van der Waals surface area contributed by atoms with E-state index in [4.69, 9.17) is 20.2 Å². The highest BCUT2D eigenvalue weighted by Gasteiger charge is 2.35. The molecule has 0 aliphatic carbocycles. The lowest BCUT2D eigenvalue weighted by molar-refractivity contribution is -0.136. The van der Waals surface area contributed by atoms with Crippen LogP contribution in [0.25, 0.3) is 10.9 Å². The van der Waals surface area contributed by atoms with Gasteiger partial charge in [-0.2, -0.15) is 4.98 Å². The first-order valence-electron chi connectivity index (χ1n) is 10.6. The van der Waals surface area contributed by atoms with Gasteiger partial charge in [-0.3, -0.25) is 4.79 Å². The van der Waals surface area contributed by atoms with Crippen LogP contribution in [-0.4, -0.2) is 61.2 Å². The molecule has 168 valence electrons. The maximum atomic E-state index is 13.3. The molecule has 3 aromatic rings. The molecular weight excluding hydrogens is 406 g/mol. The standard InChI is InChI=1S/C24H29N5O3/c1-24(2,16-8-6-5-7-9-16)22(30)28-10-12-29(13-11-28)23-26-18-15-20(32-4)19(31-3)14-17(18)21(25)27-23/h5-9,14-15H,10-13H2,1-4H3,(H2,25,26,27). The predicted octanol–water partition coefficient (Wildman–Crippen LogP) is 2.86. The molecule has 4 rings (SSSR count). The third kappa shape index (κ3) is 3.88. The Kier molecular flexibility index (Phi) is 5.78. The molecule has 1 saturated heterocycles. The number of nitrogens with two attached hydrogens (primary N) is 1. The topological polar surface area (TPSA) is 93.8 Å². The SMILES string of the molecule is COc1cc2nc(N3CCN(C(=O)C(C)(C)c4ccccc4)CC3)nc(N)c2cc1OC. The summed E-state index contributed by atoms with van der Waals surface area (Å²) in [5, 5.41) is 0.713. The molecule has 8 heteroatoms. The van der Waals surface area contributed by atoms with Crippen molar-refractivity contribution in [2.45, 2.75) is 19.3 Å². The molecule has 0 saturated carbocycles. The summed E-state index contributed by atoms with van der Waals surface area (Å²) in [4.78, 5) is 26.5. The fourth-order valence-corrected chi connectivity index (χ4v) is 4.09. The van der Waals surface area contributed by atoms with Crippen LogP contribution >= 0.6 is 0 Å². The Labute approximate surface area is 188 Å². The molecule has 0 spiro atoms. The average Bonchev–Trinajstić information content (AvgIpc) is 2.83. The number of hydrogen-bond donors (Lipinski definition) is 1. The zero-order valence-corrected chi connectivity index (χ0v) is 19.0. The Morgan fingerprint density at radius 2 is 1.59 bits per heavy atom. The summed E-state index contributed by atoms with van der Waals surface area (Å²) in [6.45, 7) is 6.42. The van der Waals surface area contributed by atoms with Gasteiger partial charge in [0.25, 0.3) is 0 Å². The minimum absolute atomic E-state index is 0.124. The van der Waals surface area contributed by atoms with Gasteiger partial charge in [0.15, 0.2) is 11.5 Å². The van der Waals surface area contributed by atoms with Gasteiger partial charge in [0.05, 0.1) is 25.2 Å². The van der Waals surface area contributed by atoms with E-state index in [1.54, 1.807) is 26.4 Å². The molecule has 0 bridgehead atoms. The highest BCUT2D eigenvalue weighted by molar-refractivity contribution is 5.92. The van der Waals surface area contributed by atoms with Crippen LogP contribution in [-0.2, 0) is 10.2 Å². The second-order valence-electron chi connectivity index (χ2n) is 8.40. The normalized spacial score (nSPS) is 14.5. The number of anilines is 2. The Morgan fingerprint density at radius 3 is 2.22 bits per heavy atom. The largest absolute Gasteiger partial charge is 0.493 e. The molecule has 0 radical (unpaired) electrons. The van der Waals surface area contributed by atoms with E-state index in [0.717, 1.165) is 5.56 Å². The van der Waals surface area contributed by atoms with Crippen LogP contribution in [0.15, 0.2) is 42.5 Å². The fourth-order valence-electron chi connectivity index (χ4n) is 4.09. The summed E-state index contributed by atoms with van der Waals surface area (Å²) >= 11 is 0. The monoisotopic (exact) mass is 435 g/mol. The Bertz CT molecular complexity index is 1130. The van der Waals surface area contributed by atoms with Crippen LogP contribution in [0.1, 0.15) is 19.4 Å². The molecule has 8 nitrogen and oxygen atoms in total. The van der Waals surface area contributed by atoms with Crippen molar-refractivity contribution in [3.63, 3.8) is 0 Å². The highest BCUT2D eigenvalue weighted by atomic mass is 16.5. The number of carbonyl (C=O) groups is 1. The maximum absolute atomic E-state index is 13.3. The maximum Gasteiger partial charge on any atom is 0.232 e. The molecule has 0 unspecified atom stereocenters. The summed E-state index contributed by atoms with van der Waals surface area (Å²) in [7, 11) is 3.16. The third-order valence-electron chi connectivity index (χ3n) is 6.10. The van der Waals surface area contributed by atoms with Crippen molar-refractivity contribution in [3.8, 4) is 11.5 Å². The molecule has 2 aromatic carbocycles. The van der Waals surface area contributed by atoms with E-state index in [1.165, 1.54) is 0 Å². The van der Waals surface area contributed by atoms with Crippen molar-refractivity contribution in [1.29, 1.82) is 0 Å². The zero-order chi connectivity index (χ0) is 22.9. The Morgan fingerprint density at radius 1 is 0.969 bits per heavy atom. The van der Waals surface area contributed by atoms with Crippen LogP contribution in [0.5, 0.6) is 11.5 Å². The molecule has 0 atom stereocenters. The lowest BCUT2D eigenvalue weighted by Crippen LogP contribution is -2.53. The first-order chi connectivity index (χ1) is 15.3. The van der Waals surface area contributed by atoms with E-state index in [1.807, 2.05) is 49.1 Å². The number of methoxy groups -OCH3 is 2. The van der Waals surface area contributed by atoms with Gasteiger partial charge in [-0.05, 0) is 25.5 Å². The van der Waals surface area contributed by atoms with E-state index < -0.39 is 5.41 Å². The first kappa shape index (κ1) is 21.7. The van der Waals surface area contributed by atoms with Crippen molar-refractivity contribution in [2.75, 3.05) is 51.0 Å². The van der Waals surface area contributed by atoms with Crippen molar-refractivity contribution >= 4 is 28.6 Å². The van der Waals surface area contributed by atoms with Gasteiger partial charge >= 0.3 is 0 Å². The van der Waals surface area contributed by atoms with Gasteiger partial charge in [-0.25, -0.2) is 4.98 Å². The summed E-state index contributed by atoms with van der Waals surface area (Å²) in [5.41, 5.74) is 7.36. The molecular formula is C24H29N5O3. The number of nitrogens with zero attached hydrogens (tertiary/aromatic N) is 4. The second-order valence-corrected chi connectivity index (χ2v) is 8.40. The molecule has 32 heavy (non-hydrogen) atoms. The third-order valence-corrected chi connectivity index (χ3v) is 6.10. The van der Waals surface area contributed by atoms with Crippen LogP contribution in [0.3, 0.4) is 0 Å². The van der Waals surface area contributed by atoms with Crippen molar-refractivity contribution < 1.29 is 14.3 Å². The molecule has 1 fully saturated rings. The number of amides is 1. The average molecular weight is 436 g/mol. The van der Waals surface area contributed by atoms with Crippen molar-refractivity contribution in [3.05, 3.63) is 48.0 Å². The highest BCUT2D eigenvalue weighted by Crippen LogP contribution is 2.34. The number of hydrogen-bond acceptors (Lipinski definition) is 7. The lowest BCUT2D eigenvalue weighted by Gasteiger charge is -2.38. The molecule has 2 heterocycles. The number of piperazine rings is 1. The van der Waals surface area contributed by atoms with Crippen molar-refractivity contribution in [2.24, 2.45) is 0 Å². The number of carbonyl (C=O) groups excluding carboxylic acids is 1. The molecule has 1 aromatic heterocycles. The van der Waals surface area contributed by atoms with Gasteiger partial charge in [0, 0.05) is 37.6 Å². The van der Waals surface area contributed by atoms with Gasteiger partial charge < -0.3 is 25.0 Å². The summed E-state index contributed by atoms with van der Waals surface area (Å²) < 4.78 is 10.7. The number of fused-ring (bicyclic) bond motifs is 1. The van der Waals surface area contributed by atoms with E-state index in [-0.39, 0.29) is 5.91 Å². The van der Waals surface area contributed by atoms with Gasteiger partial charge in [-0.15, -0.1) is 0 Å². The summed E-state index contributed by atoms with van der Waals surface area (Å²) in [6, 6.07) is 13.5. The van der Waals surface area contributed by atoms with Crippen LogP contribution in [0.4, 0.5) is 11.8 Å². The first-order valence-corrected chi connectivity index (χ1v) is 10.6. The fraction of sp³-hybridized carbons (Fsp3) is 0.375. The van der Waals surface area contributed by atoms with Crippen LogP contribution in [0, 0.1) is 0 Å². The number of aromatic nitrogens is 2. The lowest BCUT2D eigenvalue weighted by atomic mass is 9.83. The molecule has 2 N–H and O–H groups in total. The van der Waals surface area contributed by atoms with Gasteiger partial charge in [-0.1, -0.05) is 30.3 Å². The summed E-state index contributed by atoms with van der Waals surface area (Å²) in [6.07, 6.45) is 0. The van der Waals surface area contributed by atoms with E-state index in [0.29, 0.717) is 60.3 Å². The van der Waals surface area contributed by atoms with Gasteiger partial charge in [0.2, 0.25) is 11.9 Å². The minimum atomic E-state index is -0.580. The van der Waals surface area contributed by atoms with Crippen molar-refractivity contribution in [1.82, 2.24) is 14.9 Å². The number of benzene rings is 2. The molecule has 1 amide bonds. The van der Waals surface area contributed by atoms with E-state index in [2.05, 4.69) is 9.88 Å². The van der Waals surface area contributed by atoms with E-state index >= 15 is 0 Å². The van der Waals surface area contributed by atoms with E-state index in [9.17, 15) is 4.79 Å². The zero-order valence-electron chi connectivity index (χ0n) is 19.0. The number of nitrogen functional groups attached to an aromatic ring is 1. The molecule has 1 aliphatic rings. The van der Waals surface area contributed by atoms with Gasteiger partial charge in [0.1, 0.15) is 5.82 Å².